The average Bonchev–Trinajstić information content (AvgIpc) is 1.94. The van der Waals surface area contributed by atoms with Crippen molar-refractivity contribution in [1.82, 2.24) is 4.90 Å². The molecule has 0 amide bonds. The van der Waals surface area contributed by atoms with Gasteiger partial charge in [-0.25, -0.2) is 0 Å². The predicted molar refractivity (Wildman–Crippen MR) is 44.6 cm³/mol. The van der Waals surface area contributed by atoms with Gasteiger partial charge in [0.2, 0.25) is 0 Å². The second kappa shape index (κ2) is 3.06. The molecule has 0 aromatic heterocycles. The third-order valence-electron chi connectivity index (χ3n) is 2.53. The van der Waals surface area contributed by atoms with Gasteiger partial charge in [-0.15, -0.1) is 0 Å². The van der Waals surface area contributed by atoms with Crippen LogP contribution in [0.25, 0.3) is 0 Å². The van der Waals surface area contributed by atoms with Gasteiger partial charge in [0.15, 0.2) is 5.66 Å². The molecular formula is C8H15LiN2O. The number of hydrogen-bond donors (Lipinski definition) is 0. The van der Waals surface area contributed by atoms with Crippen molar-refractivity contribution < 1.29 is 23.6 Å². The van der Waals surface area contributed by atoms with Crippen LogP contribution in [0.1, 0.15) is 27.7 Å². The molecule has 0 radical (unpaired) electrons. The van der Waals surface area contributed by atoms with Crippen LogP contribution in [0.5, 0.6) is 0 Å². The molecule has 0 unspecified atom stereocenters. The molecule has 3 nitrogen and oxygen atoms in total. The summed E-state index contributed by atoms with van der Waals surface area (Å²) in [6.45, 7) is 7.74. The van der Waals surface area contributed by atoms with E-state index in [2.05, 4.69) is 6.21 Å². The van der Waals surface area contributed by atoms with E-state index in [0.29, 0.717) is 0 Å². The molecule has 0 N–H and O–H groups in total. The molecule has 1 aliphatic heterocycles. The van der Waals surface area contributed by atoms with Crippen molar-refractivity contribution in [3.05, 3.63) is 5.21 Å². The predicted octanol–water partition coefficient (Wildman–Crippen LogP) is -2.09. The summed E-state index contributed by atoms with van der Waals surface area (Å²) in [6.07, 6.45) is 2.84. The summed E-state index contributed by atoms with van der Waals surface area (Å²) in [5.41, 5.74) is -0.700. The van der Waals surface area contributed by atoms with Crippen LogP contribution in [0, 0.1) is 5.21 Å². The van der Waals surface area contributed by atoms with Crippen LogP contribution < -0.4 is 18.9 Å². The Morgan fingerprint density at radius 3 is 1.75 bits per heavy atom. The molecule has 1 heterocycles. The molecule has 0 aliphatic carbocycles. The van der Waals surface area contributed by atoms with Gasteiger partial charge in [0.25, 0.3) is 0 Å². The van der Waals surface area contributed by atoms with Gasteiger partial charge in [0, 0.05) is 13.8 Å². The fraction of sp³-hybridized carbons (Fsp3) is 0.875. The topological polar surface area (TPSA) is 29.3 Å². The van der Waals surface area contributed by atoms with Gasteiger partial charge >= 0.3 is 18.9 Å². The van der Waals surface area contributed by atoms with Crippen LogP contribution >= 0.6 is 0 Å². The van der Waals surface area contributed by atoms with Crippen LogP contribution in [-0.4, -0.2) is 34.1 Å². The Labute approximate surface area is 86.2 Å². The molecule has 0 atom stereocenters. The van der Waals surface area contributed by atoms with Crippen molar-refractivity contribution in [2.75, 3.05) is 7.05 Å². The molecule has 1 rings (SSSR count). The van der Waals surface area contributed by atoms with E-state index in [0.717, 1.165) is 4.74 Å². The molecule has 0 fully saturated rings. The van der Waals surface area contributed by atoms with E-state index in [1.54, 1.807) is 0 Å². The van der Waals surface area contributed by atoms with Crippen LogP contribution in [-0.2, 0) is 0 Å². The van der Waals surface area contributed by atoms with E-state index in [9.17, 15) is 5.21 Å². The van der Waals surface area contributed by atoms with E-state index in [4.69, 9.17) is 0 Å². The molecule has 0 bridgehead atoms. The number of hydrogen-bond acceptors (Lipinski definition) is 2. The van der Waals surface area contributed by atoms with E-state index >= 15 is 0 Å². The fourth-order valence-corrected chi connectivity index (χ4v) is 1.28. The standard InChI is InChI=1S/C8H15N2O.Li/c1-7(2)6-10(11)8(3,4)9(7)5;/h1-5H3;/q-1;+1. The Bertz CT molecular complexity index is 211. The van der Waals surface area contributed by atoms with E-state index in [1.165, 1.54) is 0 Å². The number of nitrogens with zero attached hydrogens (tertiary/aromatic N) is 2. The molecule has 0 spiro atoms. The van der Waals surface area contributed by atoms with Crippen molar-refractivity contribution in [3.8, 4) is 0 Å². The van der Waals surface area contributed by atoms with Crippen molar-refractivity contribution in [2.24, 2.45) is 0 Å². The van der Waals surface area contributed by atoms with Gasteiger partial charge in [-0.2, -0.15) is 6.21 Å². The second-order valence-electron chi connectivity index (χ2n) is 4.02. The maximum absolute atomic E-state index is 11.3. The minimum absolute atomic E-state index is 0. The molecular weight excluding hydrogens is 147 g/mol. The van der Waals surface area contributed by atoms with Crippen LogP contribution in [0.3, 0.4) is 0 Å². The van der Waals surface area contributed by atoms with E-state index in [1.807, 2.05) is 39.6 Å². The summed E-state index contributed by atoms with van der Waals surface area (Å²) < 4.78 is 0.896. The van der Waals surface area contributed by atoms with Gasteiger partial charge in [0.05, 0.1) is 0 Å². The molecule has 12 heavy (non-hydrogen) atoms. The molecule has 1 aliphatic rings. The third kappa shape index (κ3) is 1.54. The third-order valence-corrected chi connectivity index (χ3v) is 2.53. The first-order chi connectivity index (χ1) is 4.78. The number of rotatable bonds is 0. The van der Waals surface area contributed by atoms with Gasteiger partial charge < -0.3 is 9.95 Å². The van der Waals surface area contributed by atoms with Crippen LogP contribution in [0.15, 0.2) is 0 Å². The van der Waals surface area contributed by atoms with Crippen molar-refractivity contribution >= 4 is 6.21 Å². The molecule has 0 saturated carbocycles. The van der Waals surface area contributed by atoms with Gasteiger partial charge in [-0.1, -0.05) is 19.4 Å². The molecule has 0 saturated heterocycles. The second-order valence-corrected chi connectivity index (χ2v) is 4.02. The van der Waals surface area contributed by atoms with Crippen molar-refractivity contribution in [1.29, 1.82) is 0 Å². The van der Waals surface area contributed by atoms with Crippen LogP contribution in [0.4, 0.5) is 0 Å². The Morgan fingerprint density at radius 2 is 1.67 bits per heavy atom. The first-order valence-corrected chi connectivity index (χ1v) is 3.77. The van der Waals surface area contributed by atoms with Gasteiger partial charge in [-0.05, 0) is 7.05 Å². The Morgan fingerprint density at radius 1 is 1.25 bits per heavy atom. The monoisotopic (exact) mass is 162 g/mol. The van der Waals surface area contributed by atoms with E-state index in [-0.39, 0.29) is 24.4 Å². The maximum Gasteiger partial charge on any atom is 1.00 e. The van der Waals surface area contributed by atoms with Crippen molar-refractivity contribution in [2.45, 2.75) is 38.9 Å². The minimum atomic E-state index is -0.455. The Kier molecular flexibility index (Phi) is 3.07. The van der Waals surface area contributed by atoms with E-state index < -0.39 is 5.66 Å². The largest absolute Gasteiger partial charge is 1.00 e. The SMILES string of the molecule is CN1C(C)(C)[C-]=[N+]([O-])C1(C)C.[Li+]. The molecule has 64 valence electrons. The van der Waals surface area contributed by atoms with Gasteiger partial charge in [0.1, 0.15) is 0 Å². The molecule has 0 aromatic carbocycles. The quantitative estimate of drug-likeness (QED) is 0.177. The number of hydroxylamine groups is 1. The average molecular weight is 162 g/mol. The van der Waals surface area contributed by atoms with Gasteiger partial charge in [-0.3, -0.25) is 4.90 Å². The van der Waals surface area contributed by atoms with Crippen LogP contribution in [0.2, 0.25) is 0 Å². The zero-order valence-corrected chi connectivity index (χ0v) is 8.80. The first-order valence-electron chi connectivity index (χ1n) is 3.77. The smallest absolute Gasteiger partial charge is 0.654 e. The summed E-state index contributed by atoms with van der Waals surface area (Å²) in [7, 11) is 1.94. The zero-order chi connectivity index (χ0) is 8.86. The summed E-state index contributed by atoms with van der Waals surface area (Å²) >= 11 is 0. The Balaban J connectivity index is 0.00000121. The fourth-order valence-electron chi connectivity index (χ4n) is 1.28. The summed E-state index contributed by atoms with van der Waals surface area (Å²) in [6, 6.07) is 0. The first kappa shape index (κ1) is 12.0. The molecule has 4 heteroatoms. The maximum atomic E-state index is 11.3. The Hall–Kier alpha value is 0.0274. The molecule has 0 aromatic rings. The van der Waals surface area contributed by atoms with Crippen molar-refractivity contribution in [3.63, 3.8) is 0 Å². The summed E-state index contributed by atoms with van der Waals surface area (Å²) in [4.78, 5) is 2.01. The normalized spacial score (nSPS) is 26.2. The zero-order valence-electron chi connectivity index (χ0n) is 8.80. The summed E-state index contributed by atoms with van der Waals surface area (Å²) in [5, 5.41) is 11.3. The minimum Gasteiger partial charge on any atom is -0.654 e. The summed E-state index contributed by atoms with van der Waals surface area (Å²) in [5.74, 6) is 0.